The van der Waals surface area contributed by atoms with E-state index in [9.17, 15) is 4.79 Å². The van der Waals surface area contributed by atoms with Gasteiger partial charge in [0.1, 0.15) is 5.82 Å². The number of rotatable bonds is 2. The molecule has 0 saturated heterocycles. The first-order valence-electron chi connectivity index (χ1n) is 3.88. The third-order valence-corrected chi connectivity index (χ3v) is 1.89. The summed E-state index contributed by atoms with van der Waals surface area (Å²) in [6, 6.07) is 0. The first kappa shape index (κ1) is 8.93. The second kappa shape index (κ2) is 3.49. The molecule has 1 rings (SSSR count). The highest BCUT2D eigenvalue weighted by Gasteiger charge is 2.02. The second-order valence-electron chi connectivity index (χ2n) is 2.73. The standard InChI is InChI=1S/C8H13N3O/c1-6-10-5-7(3-4-9)8(12)11(6)2/h5H,3-4,9H2,1-2H3. The van der Waals surface area contributed by atoms with Gasteiger partial charge >= 0.3 is 0 Å². The van der Waals surface area contributed by atoms with Crippen molar-refractivity contribution in [2.24, 2.45) is 12.8 Å². The molecule has 2 N–H and O–H groups in total. The molecule has 0 bridgehead atoms. The van der Waals surface area contributed by atoms with Crippen molar-refractivity contribution in [2.75, 3.05) is 6.54 Å². The molecule has 0 aliphatic carbocycles. The number of hydrogen-bond donors (Lipinski definition) is 1. The molecule has 66 valence electrons. The summed E-state index contributed by atoms with van der Waals surface area (Å²) in [5.74, 6) is 0.723. The van der Waals surface area contributed by atoms with Crippen molar-refractivity contribution in [2.45, 2.75) is 13.3 Å². The lowest BCUT2D eigenvalue weighted by Gasteiger charge is -2.03. The molecule has 0 amide bonds. The smallest absolute Gasteiger partial charge is 0.256 e. The topological polar surface area (TPSA) is 60.9 Å². The van der Waals surface area contributed by atoms with Gasteiger partial charge in [0.05, 0.1) is 0 Å². The van der Waals surface area contributed by atoms with Gasteiger partial charge in [-0.15, -0.1) is 0 Å². The molecule has 12 heavy (non-hydrogen) atoms. The lowest BCUT2D eigenvalue weighted by atomic mass is 10.2. The molecular formula is C8H13N3O. The maximum Gasteiger partial charge on any atom is 0.256 e. The first-order chi connectivity index (χ1) is 5.66. The van der Waals surface area contributed by atoms with Gasteiger partial charge in [-0.3, -0.25) is 9.36 Å². The van der Waals surface area contributed by atoms with Crippen LogP contribution in [0.1, 0.15) is 11.4 Å². The Hall–Kier alpha value is -1.16. The highest BCUT2D eigenvalue weighted by molar-refractivity contribution is 5.07. The lowest BCUT2D eigenvalue weighted by Crippen LogP contribution is -2.25. The van der Waals surface area contributed by atoms with Gasteiger partial charge in [-0.2, -0.15) is 0 Å². The van der Waals surface area contributed by atoms with Gasteiger partial charge in [0.15, 0.2) is 0 Å². The molecule has 0 saturated carbocycles. The van der Waals surface area contributed by atoms with E-state index in [1.165, 1.54) is 4.57 Å². The van der Waals surface area contributed by atoms with Gasteiger partial charge < -0.3 is 5.73 Å². The number of nitrogens with two attached hydrogens (primary N) is 1. The molecular weight excluding hydrogens is 154 g/mol. The highest BCUT2D eigenvalue weighted by Crippen LogP contribution is 1.91. The predicted molar refractivity (Wildman–Crippen MR) is 47.0 cm³/mol. The molecule has 0 aromatic carbocycles. The van der Waals surface area contributed by atoms with Gasteiger partial charge in [-0.05, 0) is 19.9 Å². The average molecular weight is 167 g/mol. The zero-order valence-electron chi connectivity index (χ0n) is 7.37. The summed E-state index contributed by atoms with van der Waals surface area (Å²) in [6.45, 7) is 2.29. The van der Waals surface area contributed by atoms with Crippen LogP contribution in [0.2, 0.25) is 0 Å². The van der Waals surface area contributed by atoms with E-state index in [-0.39, 0.29) is 5.56 Å². The molecule has 1 aromatic heterocycles. The fraction of sp³-hybridized carbons (Fsp3) is 0.500. The van der Waals surface area contributed by atoms with Crippen LogP contribution in [0, 0.1) is 6.92 Å². The van der Waals surface area contributed by atoms with Crippen molar-refractivity contribution >= 4 is 0 Å². The molecule has 0 aliphatic rings. The van der Waals surface area contributed by atoms with Gasteiger partial charge in [-0.25, -0.2) is 4.98 Å². The van der Waals surface area contributed by atoms with Crippen LogP contribution in [0.4, 0.5) is 0 Å². The fourth-order valence-electron chi connectivity index (χ4n) is 1.00. The van der Waals surface area contributed by atoms with Crippen molar-refractivity contribution in [1.29, 1.82) is 0 Å². The molecule has 0 fully saturated rings. The Kier molecular flexibility index (Phi) is 2.60. The summed E-state index contributed by atoms with van der Waals surface area (Å²) in [5.41, 5.74) is 6.03. The Bertz CT molecular complexity index is 330. The molecule has 1 heterocycles. The van der Waals surface area contributed by atoms with E-state index >= 15 is 0 Å². The largest absolute Gasteiger partial charge is 0.330 e. The van der Waals surface area contributed by atoms with Crippen molar-refractivity contribution < 1.29 is 0 Å². The van der Waals surface area contributed by atoms with Crippen molar-refractivity contribution in [3.8, 4) is 0 Å². The number of aryl methyl sites for hydroxylation is 1. The Labute approximate surface area is 71.0 Å². The van der Waals surface area contributed by atoms with Gasteiger partial charge in [0.2, 0.25) is 0 Å². The highest BCUT2D eigenvalue weighted by atomic mass is 16.1. The van der Waals surface area contributed by atoms with Crippen LogP contribution in [0.5, 0.6) is 0 Å². The average Bonchev–Trinajstić information content (AvgIpc) is 2.07. The van der Waals surface area contributed by atoms with Gasteiger partial charge in [0.25, 0.3) is 5.56 Å². The minimum absolute atomic E-state index is 0.00736. The number of hydrogen-bond acceptors (Lipinski definition) is 3. The van der Waals surface area contributed by atoms with E-state index < -0.39 is 0 Å². The lowest BCUT2D eigenvalue weighted by molar-refractivity contribution is 0.748. The summed E-state index contributed by atoms with van der Waals surface area (Å²) in [7, 11) is 1.71. The van der Waals surface area contributed by atoms with Crippen LogP contribution < -0.4 is 11.3 Å². The summed E-state index contributed by atoms with van der Waals surface area (Å²) >= 11 is 0. The van der Waals surface area contributed by atoms with E-state index in [1.807, 2.05) is 0 Å². The van der Waals surface area contributed by atoms with Crippen molar-refractivity contribution in [3.63, 3.8) is 0 Å². The fourth-order valence-corrected chi connectivity index (χ4v) is 1.00. The molecule has 1 aromatic rings. The van der Waals surface area contributed by atoms with Gasteiger partial charge in [0, 0.05) is 18.8 Å². The molecule has 0 unspecified atom stereocenters. The van der Waals surface area contributed by atoms with E-state index in [4.69, 9.17) is 5.73 Å². The zero-order valence-corrected chi connectivity index (χ0v) is 7.37. The maximum absolute atomic E-state index is 11.4. The van der Waals surface area contributed by atoms with Crippen LogP contribution in [-0.4, -0.2) is 16.1 Å². The minimum Gasteiger partial charge on any atom is -0.330 e. The summed E-state index contributed by atoms with van der Waals surface area (Å²) in [5, 5.41) is 0. The predicted octanol–water partition coefficient (Wildman–Crippen LogP) is -0.410. The summed E-state index contributed by atoms with van der Waals surface area (Å²) in [6.07, 6.45) is 2.20. The SMILES string of the molecule is Cc1ncc(CCN)c(=O)n1C. The van der Waals surface area contributed by atoms with E-state index in [0.29, 0.717) is 18.5 Å². The number of aromatic nitrogens is 2. The minimum atomic E-state index is 0.00736. The Balaban J connectivity index is 3.18. The van der Waals surface area contributed by atoms with Crippen LogP contribution in [0.15, 0.2) is 11.0 Å². The van der Waals surface area contributed by atoms with Crippen LogP contribution in [-0.2, 0) is 13.5 Å². The van der Waals surface area contributed by atoms with Crippen LogP contribution >= 0.6 is 0 Å². The second-order valence-corrected chi connectivity index (χ2v) is 2.73. The molecule has 0 atom stereocenters. The van der Waals surface area contributed by atoms with Crippen LogP contribution in [0.25, 0.3) is 0 Å². The van der Waals surface area contributed by atoms with Crippen molar-refractivity contribution in [3.05, 3.63) is 27.9 Å². The Morgan fingerprint density at radius 2 is 2.33 bits per heavy atom. The molecule has 0 radical (unpaired) electrons. The number of nitrogens with zero attached hydrogens (tertiary/aromatic N) is 2. The molecule has 0 aliphatic heterocycles. The quantitative estimate of drug-likeness (QED) is 0.651. The summed E-state index contributed by atoms with van der Waals surface area (Å²) < 4.78 is 1.53. The monoisotopic (exact) mass is 167 g/mol. The Morgan fingerprint density at radius 3 is 2.92 bits per heavy atom. The molecule has 4 nitrogen and oxygen atoms in total. The first-order valence-corrected chi connectivity index (χ1v) is 3.88. The van der Waals surface area contributed by atoms with Crippen LogP contribution in [0.3, 0.4) is 0 Å². The van der Waals surface area contributed by atoms with E-state index in [1.54, 1.807) is 20.2 Å². The summed E-state index contributed by atoms with van der Waals surface area (Å²) in [4.78, 5) is 15.5. The van der Waals surface area contributed by atoms with E-state index in [2.05, 4.69) is 4.98 Å². The van der Waals surface area contributed by atoms with Crippen molar-refractivity contribution in [1.82, 2.24) is 9.55 Å². The maximum atomic E-state index is 11.4. The molecule has 0 spiro atoms. The van der Waals surface area contributed by atoms with Gasteiger partial charge in [-0.1, -0.05) is 0 Å². The zero-order chi connectivity index (χ0) is 9.14. The van der Waals surface area contributed by atoms with E-state index in [0.717, 1.165) is 5.82 Å². The third kappa shape index (κ3) is 1.53. The normalized spacial score (nSPS) is 10.2. The molecule has 4 heteroatoms. The third-order valence-electron chi connectivity index (χ3n) is 1.89. The Morgan fingerprint density at radius 1 is 1.67 bits per heavy atom.